The van der Waals surface area contributed by atoms with Gasteiger partial charge in [-0.1, -0.05) is 28.9 Å². The molecule has 0 aliphatic carbocycles. The molecule has 8 heteroatoms. The summed E-state index contributed by atoms with van der Waals surface area (Å²) in [5.74, 6) is -0.272. The van der Waals surface area contributed by atoms with E-state index in [9.17, 15) is 18.5 Å². The fraction of sp³-hybridized carbons (Fsp3) is 0.455. The van der Waals surface area contributed by atoms with Crippen molar-refractivity contribution < 1.29 is 13.3 Å². The molecule has 106 valence electrons. The predicted octanol–water partition coefficient (Wildman–Crippen LogP) is 2.01. The molecular weight excluding hydrogens is 336 g/mol. The zero-order chi connectivity index (χ0) is 14.6. The molecule has 0 bridgehead atoms. The average molecular weight is 351 g/mol. The lowest BCUT2D eigenvalue weighted by Gasteiger charge is -2.10. The van der Waals surface area contributed by atoms with E-state index < -0.39 is 14.8 Å². The Kier molecular flexibility index (Phi) is 5.45. The van der Waals surface area contributed by atoms with Crippen molar-refractivity contribution in [3.8, 4) is 0 Å². The third kappa shape index (κ3) is 4.88. The highest BCUT2D eigenvalue weighted by Crippen LogP contribution is 2.24. The zero-order valence-electron chi connectivity index (χ0n) is 10.4. The Hall–Kier alpha value is -0.990. The largest absolute Gasteiger partial charge is 0.327 e. The first kappa shape index (κ1) is 16.1. The summed E-state index contributed by atoms with van der Waals surface area (Å²) in [4.78, 5) is 10.1. The zero-order valence-corrected chi connectivity index (χ0v) is 12.8. The van der Waals surface area contributed by atoms with Gasteiger partial charge in [-0.05, 0) is 12.0 Å². The molecule has 1 rings (SSSR count). The van der Waals surface area contributed by atoms with Gasteiger partial charge in [0.15, 0.2) is 9.84 Å². The van der Waals surface area contributed by atoms with Crippen LogP contribution < -0.4 is 5.73 Å². The topological polar surface area (TPSA) is 103 Å². The number of non-ortho nitro benzene ring substituents is 1. The van der Waals surface area contributed by atoms with Crippen LogP contribution in [-0.2, 0) is 15.6 Å². The number of hydrogen-bond acceptors (Lipinski definition) is 5. The van der Waals surface area contributed by atoms with Gasteiger partial charge in [-0.25, -0.2) is 8.42 Å². The van der Waals surface area contributed by atoms with Crippen molar-refractivity contribution in [1.82, 2.24) is 0 Å². The molecule has 1 aromatic carbocycles. The fourth-order valence-corrected chi connectivity index (χ4v) is 3.93. The van der Waals surface area contributed by atoms with Crippen LogP contribution in [-0.4, -0.2) is 25.1 Å². The lowest BCUT2D eigenvalue weighted by atomic mass is 10.2. The highest BCUT2D eigenvalue weighted by atomic mass is 79.9. The Bertz CT molecular complexity index is 574. The van der Waals surface area contributed by atoms with Gasteiger partial charge in [-0.2, -0.15) is 0 Å². The molecule has 19 heavy (non-hydrogen) atoms. The number of benzene rings is 1. The Morgan fingerprint density at radius 1 is 1.47 bits per heavy atom. The maximum absolute atomic E-state index is 11.9. The number of nitro benzene ring substituents is 1. The second-order valence-electron chi connectivity index (χ2n) is 4.26. The summed E-state index contributed by atoms with van der Waals surface area (Å²) in [6.07, 6.45) is 0.584. The maximum Gasteiger partial charge on any atom is 0.270 e. The molecule has 0 fully saturated rings. The Labute approximate surface area is 120 Å². The maximum atomic E-state index is 11.9. The van der Waals surface area contributed by atoms with Crippen LogP contribution in [0, 0.1) is 10.1 Å². The molecule has 0 spiro atoms. The van der Waals surface area contributed by atoms with Gasteiger partial charge >= 0.3 is 0 Å². The van der Waals surface area contributed by atoms with E-state index in [0.717, 1.165) is 0 Å². The molecule has 1 aromatic rings. The van der Waals surface area contributed by atoms with E-state index in [1.807, 2.05) is 6.92 Å². The molecule has 1 atom stereocenters. The third-order valence-corrected chi connectivity index (χ3v) is 5.04. The first-order chi connectivity index (χ1) is 8.75. The van der Waals surface area contributed by atoms with Crippen LogP contribution in [0.4, 0.5) is 5.69 Å². The SMILES string of the molecule is CCC(N)CS(=O)(=O)Cc1ccc([N+](=O)[O-])cc1Br. The van der Waals surface area contributed by atoms with Crippen molar-refractivity contribution in [3.63, 3.8) is 0 Å². The van der Waals surface area contributed by atoms with Crippen molar-refractivity contribution >= 4 is 31.5 Å². The van der Waals surface area contributed by atoms with E-state index in [4.69, 9.17) is 5.73 Å². The molecule has 6 nitrogen and oxygen atoms in total. The highest BCUT2D eigenvalue weighted by Gasteiger charge is 2.18. The summed E-state index contributed by atoms with van der Waals surface area (Å²) in [5.41, 5.74) is 6.04. The molecule has 0 aromatic heterocycles. The average Bonchev–Trinajstić information content (AvgIpc) is 2.30. The van der Waals surface area contributed by atoms with Gasteiger partial charge in [0.2, 0.25) is 0 Å². The van der Waals surface area contributed by atoms with E-state index in [1.54, 1.807) is 0 Å². The monoisotopic (exact) mass is 350 g/mol. The van der Waals surface area contributed by atoms with Crippen LogP contribution >= 0.6 is 15.9 Å². The van der Waals surface area contributed by atoms with Gasteiger partial charge in [-0.3, -0.25) is 10.1 Å². The Morgan fingerprint density at radius 3 is 2.58 bits per heavy atom. The summed E-state index contributed by atoms with van der Waals surface area (Å²) < 4.78 is 24.2. The standard InChI is InChI=1S/C11H15BrN2O4S/c1-2-9(13)7-19(17,18)6-8-3-4-10(14(15)16)5-11(8)12/h3-5,9H,2,6-7,13H2,1H3. The van der Waals surface area contributed by atoms with Crippen molar-refractivity contribution in [1.29, 1.82) is 0 Å². The normalized spacial score (nSPS) is 13.2. The van der Waals surface area contributed by atoms with Crippen LogP contribution in [0.2, 0.25) is 0 Å². The molecule has 0 saturated heterocycles. The van der Waals surface area contributed by atoms with Crippen molar-refractivity contribution in [2.45, 2.75) is 25.1 Å². The van der Waals surface area contributed by atoms with Crippen LogP contribution in [0.1, 0.15) is 18.9 Å². The van der Waals surface area contributed by atoms with E-state index in [0.29, 0.717) is 16.5 Å². The Morgan fingerprint density at radius 2 is 2.11 bits per heavy atom. The van der Waals surface area contributed by atoms with Crippen molar-refractivity contribution in [2.75, 3.05) is 5.75 Å². The summed E-state index contributed by atoms with van der Waals surface area (Å²) in [6, 6.07) is 3.64. The van der Waals surface area contributed by atoms with Crippen LogP contribution in [0.25, 0.3) is 0 Å². The van der Waals surface area contributed by atoms with Crippen molar-refractivity contribution in [3.05, 3.63) is 38.3 Å². The van der Waals surface area contributed by atoms with E-state index >= 15 is 0 Å². The minimum atomic E-state index is -3.33. The minimum Gasteiger partial charge on any atom is -0.327 e. The summed E-state index contributed by atoms with van der Waals surface area (Å²) >= 11 is 3.15. The number of rotatable bonds is 6. The van der Waals surface area contributed by atoms with E-state index in [2.05, 4.69) is 15.9 Å². The number of sulfone groups is 1. The van der Waals surface area contributed by atoms with Gasteiger partial charge in [0.1, 0.15) is 0 Å². The van der Waals surface area contributed by atoms with Crippen LogP contribution in [0.3, 0.4) is 0 Å². The molecule has 0 radical (unpaired) electrons. The lowest BCUT2D eigenvalue weighted by molar-refractivity contribution is -0.384. The van der Waals surface area contributed by atoms with Gasteiger partial charge < -0.3 is 5.73 Å². The highest BCUT2D eigenvalue weighted by molar-refractivity contribution is 9.10. The van der Waals surface area contributed by atoms with Gasteiger partial charge in [-0.15, -0.1) is 0 Å². The molecule has 2 N–H and O–H groups in total. The molecule has 0 amide bonds. The van der Waals surface area contributed by atoms with Gasteiger partial charge in [0, 0.05) is 22.6 Å². The van der Waals surface area contributed by atoms with E-state index in [-0.39, 0.29) is 23.2 Å². The molecule has 0 heterocycles. The fourth-order valence-electron chi connectivity index (χ4n) is 1.51. The summed E-state index contributed by atoms with van der Waals surface area (Å²) in [5, 5.41) is 10.6. The first-order valence-electron chi connectivity index (χ1n) is 5.64. The summed E-state index contributed by atoms with van der Waals surface area (Å²) in [7, 11) is -3.33. The first-order valence-corrected chi connectivity index (χ1v) is 8.25. The quantitative estimate of drug-likeness (QED) is 0.624. The number of halogens is 1. The molecule has 0 saturated carbocycles. The number of nitrogens with zero attached hydrogens (tertiary/aromatic N) is 1. The summed E-state index contributed by atoms with van der Waals surface area (Å²) in [6.45, 7) is 1.82. The second kappa shape index (κ2) is 6.44. The number of hydrogen-bond donors (Lipinski definition) is 1. The number of nitrogens with two attached hydrogens (primary N) is 1. The third-order valence-electron chi connectivity index (χ3n) is 2.62. The minimum absolute atomic E-state index is 0.0849. The van der Waals surface area contributed by atoms with Gasteiger partial charge in [0.05, 0.1) is 16.4 Å². The smallest absolute Gasteiger partial charge is 0.270 e. The van der Waals surface area contributed by atoms with E-state index in [1.165, 1.54) is 18.2 Å². The molecule has 0 aliphatic heterocycles. The lowest BCUT2D eigenvalue weighted by Crippen LogP contribution is -2.29. The molecule has 1 unspecified atom stereocenters. The molecular formula is C11H15BrN2O4S. The Balaban J connectivity index is 2.91. The second-order valence-corrected chi connectivity index (χ2v) is 7.22. The van der Waals surface area contributed by atoms with Crippen molar-refractivity contribution in [2.24, 2.45) is 5.73 Å². The number of nitro groups is 1. The predicted molar refractivity (Wildman–Crippen MR) is 76.6 cm³/mol. The van der Waals surface area contributed by atoms with Crippen LogP contribution in [0.15, 0.2) is 22.7 Å². The van der Waals surface area contributed by atoms with Crippen LogP contribution in [0.5, 0.6) is 0 Å². The van der Waals surface area contributed by atoms with Gasteiger partial charge in [0.25, 0.3) is 5.69 Å². The molecule has 0 aliphatic rings.